The molecule has 1 aromatic heterocycles. The number of hydrogen-bond acceptors (Lipinski definition) is 4. The van der Waals surface area contributed by atoms with Crippen LogP contribution in [0.15, 0.2) is 0 Å². The fourth-order valence-corrected chi connectivity index (χ4v) is 2.46. The fourth-order valence-electron chi connectivity index (χ4n) is 2.46. The highest BCUT2D eigenvalue weighted by Crippen LogP contribution is 2.29. The van der Waals surface area contributed by atoms with Crippen LogP contribution in [-0.2, 0) is 4.79 Å². The summed E-state index contributed by atoms with van der Waals surface area (Å²) in [7, 11) is 0. The number of aromatic nitrogens is 2. The van der Waals surface area contributed by atoms with Crippen LogP contribution in [0.25, 0.3) is 0 Å². The molecule has 0 spiro atoms. The summed E-state index contributed by atoms with van der Waals surface area (Å²) in [5, 5.41) is 4.51. The van der Waals surface area contributed by atoms with Gasteiger partial charge in [-0.2, -0.15) is 5.10 Å². The van der Waals surface area contributed by atoms with Crippen LogP contribution >= 0.6 is 0 Å². The van der Waals surface area contributed by atoms with Gasteiger partial charge in [-0.15, -0.1) is 0 Å². The van der Waals surface area contributed by atoms with E-state index < -0.39 is 0 Å². The molecule has 0 saturated carbocycles. The molecule has 106 valence electrons. The third-order valence-electron chi connectivity index (χ3n) is 3.62. The van der Waals surface area contributed by atoms with Gasteiger partial charge in [-0.05, 0) is 20.8 Å². The van der Waals surface area contributed by atoms with Gasteiger partial charge in [-0.3, -0.25) is 4.79 Å². The Hall–Kier alpha value is -1.72. The number of aryl methyl sites for hydroxylation is 1. The van der Waals surface area contributed by atoms with Crippen molar-refractivity contribution in [3.05, 3.63) is 5.69 Å². The molecule has 1 aliphatic heterocycles. The van der Waals surface area contributed by atoms with Gasteiger partial charge in [0.1, 0.15) is 0 Å². The second-order valence-electron chi connectivity index (χ2n) is 5.35. The van der Waals surface area contributed by atoms with Crippen molar-refractivity contribution in [1.29, 1.82) is 0 Å². The van der Waals surface area contributed by atoms with E-state index in [9.17, 15) is 4.79 Å². The summed E-state index contributed by atoms with van der Waals surface area (Å²) in [6, 6.07) is 0.275. The van der Waals surface area contributed by atoms with Gasteiger partial charge in [0.05, 0.1) is 11.4 Å². The number of nitrogen functional groups attached to an aromatic ring is 1. The van der Waals surface area contributed by atoms with Gasteiger partial charge >= 0.3 is 0 Å². The lowest BCUT2D eigenvalue weighted by molar-refractivity contribution is -0.129. The molecule has 2 N–H and O–H groups in total. The number of rotatable bonds is 2. The molecule has 2 heterocycles. The molecule has 1 saturated heterocycles. The van der Waals surface area contributed by atoms with Crippen LogP contribution in [0.3, 0.4) is 0 Å². The van der Waals surface area contributed by atoms with E-state index >= 15 is 0 Å². The number of amides is 1. The van der Waals surface area contributed by atoms with Crippen molar-refractivity contribution in [2.45, 2.75) is 33.7 Å². The third-order valence-corrected chi connectivity index (χ3v) is 3.62. The summed E-state index contributed by atoms with van der Waals surface area (Å²) in [4.78, 5) is 15.5. The quantitative estimate of drug-likeness (QED) is 0.867. The summed E-state index contributed by atoms with van der Waals surface area (Å²) < 4.78 is 1.98. The average molecular weight is 265 g/mol. The van der Waals surface area contributed by atoms with Crippen molar-refractivity contribution in [3.8, 4) is 0 Å². The Kier molecular flexibility index (Phi) is 3.68. The third kappa shape index (κ3) is 2.52. The summed E-state index contributed by atoms with van der Waals surface area (Å²) in [5.41, 5.74) is 7.79. The van der Waals surface area contributed by atoms with E-state index in [0.717, 1.165) is 43.4 Å². The summed E-state index contributed by atoms with van der Waals surface area (Å²) in [6.45, 7) is 10.9. The minimum Gasteiger partial charge on any atom is -0.394 e. The van der Waals surface area contributed by atoms with Crippen LogP contribution in [0.4, 0.5) is 11.5 Å². The number of hydrogen-bond donors (Lipinski definition) is 1. The first-order valence-electron chi connectivity index (χ1n) is 6.77. The molecule has 0 radical (unpaired) electrons. The zero-order valence-corrected chi connectivity index (χ0v) is 12.2. The topological polar surface area (TPSA) is 67.4 Å². The van der Waals surface area contributed by atoms with Crippen molar-refractivity contribution < 1.29 is 4.79 Å². The normalized spacial score (nSPS) is 16.3. The Balaban J connectivity index is 2.22. The molecule has 1 aromatic rings. The molecule has 0 aliphatic carbocycles. The maximum atomic E-state index is 11.4. The Morgan fingerprint density at radius 1 is 1.26 bits per heavy atom. The van der Waals surface area contributed by atoms with Gasteiger partial charge in [-0.1, -0.05) is 0 Å². The number of anilines is 2. The first kappa shape index (κ1) is 13.7. The van der Waals surface area contributed by atoms with Crippen LogP contribution in [0.2, 0.25) is 0 Å². The van der Waals surface area contributed by atoms with Crippen LogP contribution in [0.5, 0.6) is 0 Å². The van der Waals surface area contributed by atoms with Gasteiger partial charge in [-0.25, -0.2) is 4.68 Å². The van der Waals surface area contributed by atoms with Crippen molar-refractivity contribution >= 4 is 17.4 Å². The zero-order chi connectivity index (χ0) is 14.2. The van der Waals surface area contributed by atoms with E-state index in [2.05, 4.69) is 23.8 Å². The van der Waals surface area contributed by atoms with Gasteiger partial charge in [0.2, 0.25) is 5.91 Å². The number of nitrogens with two attached hydrogens (primary N) is 1. The summed E-state index contributed by atoms with van der Waals surface area (Å²) >= 11 is 0. The predicted molar refractivity (Wildman–Crippen MR) is 76.2 cm³/mol. The number of carbonyl (C=O) groups is 1. The second-order valence-corrected chi connectivity index (χ2v) is 5.35. The SMILES string of the molecule is CC(=O)N1CCN(c2c(N)c(C)nn2C(C)C)CC1. The molecule has 0 aromatic carbocycles. The molecular weight excluding hydrogens is 242 g/mol. The molecule has 6 heteroatoms. The smallest absolute Gasteiger partial charge is 0.219 e. The van der Waals surface area contributed by atoms with Crippen LogP contribution in [0, 0.1) is 6.92 Å². The van der Waals surface area contributed by atoms with Crippen molar-refractivity contribution in [1.82, 2.24) is 14.7 Å². The Morgan fingerprint density at radius 3 is 2.32 bits per heavy atom. The van der Waals surface area contributed by atoms with Gasteiger partial charge in [0.25, 0.3) is 0 Å². The molecular formula is C13H23N5O. The van der Waals surface area contributed by atoms with Crippen molar-refractivity contribution in [3.63, 3.8) is 0 Å². The van der Waals surface area contributed by atoms with Crippen LogP contribution in [-0.4, -0.2) is 46.8 Å². The van der Waals surface area contributed by atoms with Crippen molar-refractivity contribution in [2.24, 2.45) is 0 Å². The highest BCUT2D eigenvalue weighted by atomic mass is 16.2. The van der Waals surface area contributed by atoms with Crippen LogP contribution < -0.4 is 10.6 Å². The average Bonchev–Trinajstić information content (AvgIpc) is 2.66. The predicted octanol–water partition coefficient (Wildman–Crippen LogP) is 1.02. The lowest BCUT2D eigenvalue weighted by atomic mass is 10.2. The Bertz CT molecular complexity index is 472. The molecule has 1 aliphatic rings. The van der Waals surface area contributed by atoms with Gasteiger partial charge < -0.3 is 15.5 Å². The molecule has 1 amide bonds. The van der Waals surface area contributed by atoms with E-state index in [1.165, 1.54) is 0 Å². The first-order chi connectivity index (χ1) is 8.91. The van der Waals surface area contributed by atoms with Gasteiger partial charge in [0.15, 0.2) is 5.82 Å². The molecule has 2 rings (SSSR count). The largest absolute Gasteiger partial charge is 0.394 e. The number of piperazine rings is 1. The van der Waals surface area contributed by atoms with Gasteiger partial charge in [0, 0.05) is 39.1 Å². The summed E-state index contributed by atoms with van der Waals surface area (Å²) in [6.07, 6.45) is 0. The number of carbonyl (C=O) groups excluding carboxylic acids is 1. The highest BCUT2D eigenvalue weighted by molar-refractivity contribution is 5.74. The standard InChI is InChI=1S/C13H23N5O/c1-9(2)18-13(12(14)10(3)15-18)17-7-5-16(6-8-17)11(4)19/h9H,5-8,14H2,1-4H3. The Morgan fingerprint density at radius 2 is 1.84 bits per heavy atom. The lowest BCUT2D eigenvalue weighted by Gasteiger charge is -2.36. The first-order valence-corrected chi connectivity index (χ1v) is 6.77. The summed E-state index contributed by atoms with van der Waals surface area (Å²) in [5.74, 6) is 1.14. The minimum atomic E-state index is 0.140. The highest BCUT2D eigenvalue weighted by Gasteiger charge is 2.25. The fraction of sp³-hybridized carbons (Fsp3) is 0.692. The van der Waals surface area contributed by atoms with E-state index in [1.54, 1.807) is 6.92 Å². The molecule has 0 atom stereocenters. The number of nitrogens with zero attached hydrogens (tertiary/aromatic N) is 4. The van der Waals surface area contributed by atoms with E-state index in [-0.39, 0.29) is 11.9 Å². The maximum Gasteiger partial charge on any atom is 0.219 e. The molecule has 6 nitrogen and oxygen atoms in total. The Labute approximate surface area is 114 Å². The maximum absolute atomic E-state index is 11.4. The zero-order valence-electron chi connectivity index (χ0n) is 12.2. The van der Waals surface area contributed by atoms with E-state index in [1.807, 2.05) is 16.5 Å². The van der Waals surface area contributed by atoms with E-state index in [4.69, 9.17) is 5.73 Å². The lowest BCUT2D eigenvalue weighted by Crippen LogP contribution is -2.48. The minimum absolute atomic E-state index is 0.140. The monoisotopic (exact) mass is 265 g/mol. The van der Waals surface area contributed by atoms with Crippen molar-refractivity contribution in [2.75, 3.05) is 36.8 Å². The molecule has 0 bridgehead atoms. The second kappa shape index (κ2) is 5.11. The van der Waals surface area contributed by atoms with Crippen LogP contribution in [0.1, 0.15) is 32.5 Å². The molecule has 19 heavy (non-hydrogen) atoms. The molecule has 1 fully saturated rings. The van der Waals surface area contributed by atoms with E-state index in [0.29, 0.717) is 0 Å². The molecule has 0 unspecified atom stereocenters.